The summed E-state index contributed by atoms with van der Waals surface area (Å²) >= 11 is 0. The van der Waals surface area contributed by atoms with Crippen molar-refractivity contribution in [1.82, 2.24) is 20.2 Å². The van der Waals surface area contributed by atoms with Crippen LogP contribution in [0.4, 0.5) is 8.78 Å². The van der Waals surface area contributed by atoms with Crippen molar-refractivity contribution in [2.45, 2.75) is 13.0 Å². The van der Waals surface area contributed by atoms with Crippen LogP contribution in [-0.4, -0.2) is 27.9 Å². The fourth-order valence-corrected chi connectivity index (χ4v) is 2.68. The molecule has 0 aliphatic heterocycles. The van der Waals surface area contributed by atoms with Crippen molar-refractivity contribution < 1.29 is 18.4 Å². The van der Waals surface area contributed by atoms with Crippen LogP contribution in [0.25, 0.3) is 11.0 Å². The minimum absolute atomic E-state index is 0.0263. The summed E-state index contributed by atoms with van der Waals surface area (Å²) in [5.41, 5.74) is 1.55. The van der Waals surface area contributed by atoms with E-state index < -0.39 is 17.5 Å². The second-order valence-corrected chi connectivity index (χ2v) is 5.98. The monoisotopic (exact) mass is 372 g/mol. The lowest BCUT2D eigenvalue weighted by Gasteiger charge is -2.08. The van der Waals surface area contributed by atoms with Crippen molar-refractivity contribution in [2.75, 3.05) is 6.54 Å². The van der Waals surface area contributed by atoms with Gasteiger partial charge in [0.1, 0.15) is 17.5 Å². The number of aromatic nitrogens is 2. The Morgan fingerprint density at radius 3 is 2.63 bits per heavy atom. The van der Waals surface area contributed by atoms with Crippen LogP contribution in [0.3, 0.4) is 0 Å². The van der Waals surface area contributed by atoms with Crippen LogP contribution in [-0.2, 0) is 18.4 Å². The Balaban J connectivity index is 1.48. The zero-order valence-corrected chi connectivity index (χ0v) is 14.6. The van der Waals surface area contributed by atoms with Crippen molar-refractivity contribution >= 4 is 22.8 Å². The fraction of sp³-hybridized carbons (Fsp3) is 0.211. The number of imidazole rings is 1. The van der Waals surface area contributed by atoms with Crippen LogP contribution in [0, 0.1) is 11.6 Å². The van der Waals surface area contributed by atoms with Crippen molar-refractivity contribution in [3.8, 4) is 0 Å². The van der Waals surface area contributed by atoms with Crippen LogP contribution < -0.4 is 10.6 Å². The molecule has 8 heteroatoms. The molecule has 0 unspecified atom stereocenters. The molecular formula is C19H18F2N4O2. The van der Waals surface area contributed by atoms with Crippen molar-refractivity contribution in [3.05, 3.63) is 65.5 Å². The number of hydrogen-bond donors (Lipinski definition) is 2. The molecule has 2 amide bonds. The van der Waals surface area contributed by atoms with Gasteiger partial charge < -0.3 is 15.2 Å². The van der Waals surface area contributed by atoms with E-state index in [1.807, 2.05) is 35.9 Å². The number of rotatable bonds is 6. The second-order valence-electron chi connectivity index (χ2n) is 5.98. The molecule has 0 saturated carbocycles. The van der Waals surface area contributed by atoms with Crippen LogP contribution in [0.2, 0.25) is 0 Å². The van der Waals surface area contributed by atoms with E-state index in [0.717, 1.165) is 23.2 Å². The number of carbonyl (C=O) groups excluding carboxylic acids is 2. The first-order valence-corrected chi connectivity index (χ1v) is 8.36. The number of fused-ring (bicyclic) bond motifs is 1. The maximum Gasteiger partial charge on any atom is 0.254 e. The van der Waals surface area contributed by atoms with E-state index >= 15 is 0 Å². The van der Waals surface area contributed by atoms with Crippen LogP contribution in [0.15, 0.2) is 42.5 Å². The first-order valence-electron chi connectivity index (χ1n) is 8.36. The van der Waals surface area contributed by atoms with Gasteiger partial charge in [0.05, 0.1) is 23.1 Å². The lowest BCUT2D eigenvalue weighted by Crippen LogP contribution is -2.31. The molecule has 1 aromatic heterocycles. The highest BCUT2D eigenvalue weighted by atomic mass is 19.1. The summed E-state index contributed by atoms with van der Waals surface area (Å²) in [5, 5.41) is 5.17. The summed E-state index contributed by atoms with van der Waals surface area (Å²) in [6.45, 7) is 0.286. The summed E-state index contributed by atoms with van der Waals surface area (Å²) in [7, 11) is 1.87. The first kappa shape index (κ1) is 18.5. The number of amides is 2. The average molecular weight is 372 g/mol. The topological polar surface area (TPSA) is 76.0 Å². The van der Waals surface area contributed by atoms with E-state index in [-0.39, 0.29) is 31.0 Å². The van der Waals surface area contributed by atoms with Gasteiger partial charge in [-0.2, -0.15) is 0 Å². The predicted molar refractivity (Wildman–Crippen MR) is 95.9 cm³/mol. The molecule has 6 nitrogen and oxygen atoms in total. The number of aryl methyl sites for hydroxylation is 1. The highest BCUT2D eigenvalue weighted by Crippen LogP contribution is 2.14. The summed E-state index contributed by atoms with van der Waals surface area (Å²) < 4.78 is 28.3. The van der Waals surface area contributed by atoms with Gasteiger partial charge in [0, 0.05) is 26.1 Å². The Morgan fingerprint density at radius 1 is 1.11 bits per heavy atom. The molecule has 0 aliphatic rings. The summed E-state index contributed by atoms with van der Waals surface area (Å²) in [6.07, 6.45) is 0.0263. The lowest BCUT2D eigenvalue weighted by molar-refractivity contribution is -0.121. The molecule has 2 aromatic carbocycles. The zero-order valence-electron chi connectivity index (χ0n) is 14.6. The van der Waals surface area contributed by atoms with Crippen LogP contribution in [0.5, 0.6) is 0 Å². The maximum atomic E-state index is 13.5. The molecule has 1 heterocycles. The molecule has 3 rings (SSSR count). The molecule has 3 aromatic rings. The lowest BCUT2D eigenvalue weighted by atomic mass is 10.2. The van der Waals surface area contributed by atoms with E-state index in [1.165, 1.54) is 0 Å². The number of para-hydroxylation sites is 2. The van der Waals surface area contributed by atoms with E-state index in [4.69, 9.17) is 0 Å². The fourth-order valence-electron chi connectivity index (χ4n) is 2.68. The van der Waals surface area contributed by atoms with Gasteiger partial charge in [0.15, 0.2) is 0 Å². The van der Waals surface area contributed by atoms with Gasteiger partial charge in [-0.3, -0.25) is 9.59 Å². The Kier molecular flexibility index (Phi) is 5.44. The zero-order chi connectivity index (χ0) is 19.4. The number of halogens is 2. The Morgan fingerprint density at radius 2 is 1.89 bits per heavy atom. The number of nitrogens with zero attached hydrogens (tertiary/aromatic N) is 2. The third kappa shape index (κ3) is 4.28. The molecule has 0 atom stereocenters. The second kappa shape index (κ2) is 7.94. The minimum Gasteiger partial charge on any atom is -0.351 e. The summed E-state index contributed by atoms with van der Waals surface area (Å²) in [5.74, 6) is -1.97. The third-order valence-corrected chi connectivity index (χ3v) is 4.14. The first-order chi connectivity index (χ1) is 13.0. The van der Waals surface area contributed by atoms with E-state index in [2.05, 4.69) is 15.6 Å². The molecule has 0 spiro atoms. The number of nitrogens with one attached hydrogen (secondary N) is 2. The molecular weight excluding hydrogens is 354 g/mol. The molecule has 0 fully saturated rings. The molecule has 140 valence electrons. The van der Waals surface area contributed by atoms with Gasteiger partial charge in [0.25, 0.3) is 5.91 Å². The van der Waals surface area contributed by atoms with Gasteiger partial charge in [0.2, 0.25) is 5.91 Å². The minimum atomic E-state index is -0.946. The Labute approximate surface area is 154 Å². The number of benzene rings is 2. The van der Waals surface area contributed by atoms with Gasteiger partial charge in [-0.1, -0.05) is 12.1 Å². The molecule has 2 N–H and O–H groups in total. The van der Waals surface area contributed by atoms with Crippen LogP contribution in [0.1, 0.15) is 22.6 Å². The third-order valence-electron chi connectivity index (χ3n) is 4.14. The highest BCUT2D eigenvalue weighted by molar-refractivity contribution is 5.94. The van der Waals surface area contributed by atoms with E-state index in [1.54, 1.807) is 0 Å². The van der Waals surface area contributed by atoms with Crippen LogP contribution >= 0.6 is 0 Å². The quantitative estimate of drug-likeness (QED) is 0.697. The number of hydrogen-bond acceptors (Lipinski definition) is 3. The number of carbonyl (C=O) groups is 2. The van der Waals surface area contributed by atoms with E-state index in [9.17, 15) is 18.4 Å². The van der Waals surface area contributed by atoms with E-state index in [0.29, 0.717) is 11.9 Å². The largest absolute Gasteiger partial charge is 0.351 e. The Hall–Kier alpha value is -3.29. The molecule has 0 saturated heterocycles. The standard InChI is InChI=1S/C19H18F2N4O2/c1-25-16-5-3-2-4-15(16)24-17(25)11-23-18(26)8-9-22-19(27)13-7-6-12(20)10-14(13)21/h2-7,10H,8-9,11H2,1H3,(H,22,27)(H,23,26). The van der Waals surface area contributed by atoms with Crippen molar-refractivity contribution in [2.24, 2.45) is 7.05 Å². The van der Waals surface area contributed by atoms with Gasteiger partial charge in [-0.05, 0) is 24.3 Å². The maximum absolute atomic E-state index is 13.5. The van der Waals surface area contributed by atoms with Crippen molar-refractivity contribution in [1.29, 1.82) is 0 Å². The van der Waals surface area contributed by atoms with Gasteiger partial charge in [-0.15, -0.1) is 0 Å². The highest BCUT2D eigenvalue weighted by Gasteiger charge is 2.13. The summed E-state index contributed by atoms with van der Waals surface area (Å²) in [6, 6.07) is 10.3. The van der Waals surface area contributed by atoms with Crippen molar-refractivity contribution in [3.63, 3.8) is 0 Å². The van der Waals surface area contributed by atoms with Gasteiger partial charge in [-0.25, -0.2) is 13.8 Å². The normalized spacial score (nSPS) is 10.8. The molecule has 0 radical (unpaired) electrons. The molecule has 27 heavy (non-hydrogen) atoms. The summed E-state index contributed by atoms with van der Waals surface area (Å²) in [4.78, 5) is 28.3. The average Bonchev–Trinajstić information content (AvgIpc) is 2.96. The molecule has 0 aliphatic carbocycles. The predicted octanol–water partition coefficient (Wildman–Crippen LogP) is 2.29. The molecule has 0 bridgehead atoms. The smallest absolute Gasteiger partial charge is 0.254 e. The Bertz CT molecular complexity index is 1000. The van der Waals surface area contributed by atoms with Gasteiger partial charge >= 0.3 is 0 Å². The SMILES string of the molecule is Cn1c(CNC(=O)CCNC(=O)c2ccc(F)cc2F)nc2ccccc21.